The van der Waals surface area contributed by atoms with E-state index in [1.807, 2.05) is 27.0 Å². The van der Waals surface area contributed by atoms with Crippen LogP contribution in [0.5, 0.6) is 0 Å². The monoisotopic (exact) mass is 354 g/mol. The normalized spacial score (nSPS) is 10.9. The molecule has 0 aromatic rings. The molecule has 0 aliphatic heterocycles. The molecule has 0 saturated heterocycles. The number of rotatable bonds is 14. The van der Waals surface area contributed by atoms with Crippen molar-refractivity contribution in [3.63, 3.8) is 0 Å². The minimum absolute atomic E-state index is 0.0418. The van der Waals surface area contributed by atoms with Crippen molar-refractivity contribution in [1.82, 2.24) is 10.6 Å². The standard InChI is InChI=1S/C18H31N3O4/c1-5-7-19-18(23)15-25-12-11-24-10-8-20-17(22)14-21(9-6-2)13-16(3)4/h6,9,13H,2,5,7-8,10-12,14-15H2,1,3-4H3,(H-,19,20,22,23)/p+1. The molecule has 0 aliphatic rings. The smallest absolute Gasteiger partial charge is 0.286 e. The molecule has 0 radical (unpaired) electrons. The summed E-state index contributed by atoms with van der Waals surface area (Å²) < 4.78 is 12.3. The maximum atomic E-state index is 11.8. The fourth-order valence-corrected chi connectivity index (χ4v) is 1.79. The average Bonchev–Trinajstić information content (AvgIpc) is 2.54. The zero-order chi connectivity index (χ0) is 18.9. The Morgan fingerprint density at radius 2 is 1.72 bits per heavy atom. The molecule has 7 heteroatoms. The third-order valence-corrected chi connectivity index (χ3v) is 2.79. The maximum Gasteiger partial charge on any atom is 0.286 e. The molecule has 142 valence electrons. The van der Waals surface area contributed by atoms with Crippen LogP contribution in [0.3, 0.4) is 0 Å². The van der Waals surface area contributed by atoms with E-state index in [9.17, 15) is 9.59 Å². The van der Waals surface area contributed by atoms with Gasteiger partial charge in [-0.3, -0.25) is 9.59 Å². The Balaban J connectivity index is 3.69. The second-order valence-corrected chi connectivity index (χ2v) is 5.63. The van der Waals surface area contributed by atoms with E-state index in [0.29, 0.717) is 32.9 Å². The number of nitrogens with zero attached hydrogens (tertiary/aromatic N) is 1. The van der Waals surface area contributed by atoms with Crippen molar-refractivity contribution in [2.45, 2.75) is 27.2 Å². The molecule has 0 unspecified atom stereocenters. The molecule has 0 rings (SSSR count). The highest BCUT2D eigenvalue weighted by Gasteiger charge is 2.08. The van der Waals surface area contributed by atoms with E-state index < -0.39 is 0 Å². The Bertz CT molecular complexity index is 469. The van der Waals surface area contributed by atoms with E-state index in [-0.39, 0.29) is 25.0 Å². The highest BCUT2D eigenvalue weighted by atomic mass is 16.5. The molecule has 0 aliphatic carbocycles. The molecule has 0 heterocycles. The van der Waals surface area contributed by atoms with Crippen LogP contribution in [-0.2, 0) is 19.1 Å². The van der Waals surface area contributed by atoms with Gasteiger partial charge in [0.1, 0.15) is 6.61 Å². The predicted molar refractivity (Wildman–Crippen MR) is 98.8 cm³/mol. The van der Waals surface area contributed by atoms with Gasteiger partial charge in [0.15, 0.2) is 12.4 Å². The Labute approximate surface area is 150 Å². The Morgan fingerprint density at radius 1 is 1.04 bits per heavy atom. The third-order valence-electron chi connectivity index (χ3n) is 2.79. The molecule has 0 fully saturated rings. The lowest BCUT2D eigenvalue weighted by Crippen LogP contribution is -2.33. The molecular weight excluding hydrogens is 322 g/mol. The molecule has 25 heavy (non-hydrogen) atoms. The molecule has 0 atom stereocenters. The lowest BCUT2D eigenvalue weighted by Gasteiger charge is -2.07. The fraction of sp³-hybridized carbons (Fsp3) is 0.611. The molecular formula is C18H32N3O4+. The third kappa shape index (κ3) is 15.3. The number of allylic oxidation sites excluding steroid dienone is 2. The van der Waals surface area contributed by atoms with Gasteiger partial charge in [0.05, 0.1) is 19.8 Å². The Morgan fingerprint density at radius 3 is 2.36 bits per heavy atom. The van der Waals surface area contributed by atoms with Crippen LogP contribution in [0.2, 0.25) is 0 Å². The summed E-state index contributed by atoms with van der Waals surface area (Å²) in [5.74, 6) is -0.214. The van der Waals surface area contributed by atoms with Crippen molar-refractivity contribution in [3.05, 3.63) is 24.4 Å². The quantitative estimate of drug-likeness (QED) is 0.275. The van der Waals surface area contributed by atoms with Gasteiger partial charge in [-0.15, -0.1) is 0 Å². The first-order valence-corrected chi connectivity index (χ1v) is 8.55. The molecule has 0 aromatic carbocycles. The molecule has 0 bridgehead atoms. The minimum Gasteiger partial charge on any atom is -0.377 e. The molecule has 2 N–H and O–H groups in total. The minimum atomic E-state index is -0.119. The summed E-state index contributed by atoms with van der Waals surface area (Å²) in [4.78, 5) is 23.1. The van der Waals surface area contributed by atoms with Crippen molar-refractivity contribution >= 4 is 18.0 Å². The predicted octanol–water partition coefficient (Wildman–Crippen LogP) is 0.855. The molecule has 0 spiro atoms. The van der Waals surface area contributed by atoms with Gasteiger partial charge in [-0.1, -0.05) is 13.5 Å². The van der Waals surface area contributed by atoms with Crippen LogP contribution in [0.1, 0.15) is 27.2 Å². The number of hydrogen-bond acceptors (Lipinski definition) is 4. The first-order chi connectivity index (χ1) is 12.0. The summed E-state index contributed by atoms with van der Waals surface area (Å²) in [5, 5.41) is 5.51. The second-order valence-electron chi connectivity index (χ2n) is 5.63. The van der Waals surface area contributed by atoms with Gasteiger partial charge in [0, 0.05) is 13.1 Å². The Kier molecular flexibility index (Phi) is 14.3. The topological polar surface area (TPSA) is 79.7 Å². The van der Waals surface area contributed by atoms with Crippen molar-refractivity contribution < 1.29 is 23.6 Å². The van der Waals surface area contributed by atoms with Crippen LogP contribution < -0.4 is 10.6 Å². The SMILES string of the molecule is C=CC=[N+](C=C(C)C)CC(=O)NCCOCCOCC(=O)NCCC. The van der Waals surface area contributed by atoms with Gasteiger partial charge in [0.2, 0.25) is 12.5 Å². The highest BCUT2D eigenvalue weighted by Crippen LogP contribution is 1.89. The first kappa shape index (κ1) is 23.0. The number of ether oxygens (including phenoxy) is 2. The van der Waals surface area contributed by atoms with Gasteiger partial charge < -0.3 is 20.1 Å². The van der Waals surface area contributed by atoms with Gasteiger partial charge in [-0.05, 0) is 31.9 Å². The second kappa shape index (κ2) is 15.5. The Hall–Kier alpha value is -1.99. The van der Waals surface area contributed by atoms with Crippen LogP contribution in [0.4, 0.5) is 0 Å². The van der Waals surface area contributed by atoms with E-state index in [0.717, 1.165) is 12.0 Å². The van der Waals surface area contributed by atoms with Gasteiger partial charge in [0.25, 0.3) is 5.91 Å². The average molecular weight is 354 g/mol. The van der Waals surface area contributed by atoms with E-state index >= 15 is 0 Å². The zero-order valence-corrected chi connectivity index (χ0v) is 15.7. The van der Waals surface area contributed by atoms with Crippen molar-refractivity contribution in [2.24, 2.45) is 0 Å². The van der Waals surface area contributed by atoms with E-state index in [1.54, 1.807) is 16.9 Å². The van der Waals surface area contributed by atoms with Crippen molar-refractivity contribution in [3.8, 4) is 0 Å². The van der Waals surface area contributed by atoms with Crippen LogP contribution in [0.15, 0.2) is 24.4 Å². The van der Waals surface area contributed by atoms with Crippen molar-refractivity contribution in [1.29, 1.82) is 0 Å². The lowest BCUT2D eigenvalue weighted by atomic mass is 10.4. The lowest BCUT2D eigenvalue weighted by molar-refractivity contribution is -0.440. The van der Waals surface area contributed by atoms with E-state index in [2.05, 4.69) is 17.2 Å². The number of nitrogens with one attached hydrogen (secondary N) is 2. The van der Waals surface area contributed by atoms with Gasteiger partial charge >= 0.3 is 0 Å². The largest absolute Gasteiger partial charge is 0.377 e. The number of carbonyl (C=O) groups excluding carboxylic acids is 2. The van der Waals surface area contributed by atoms with Gasteiger partial charge in [-0.2, -0.15) is 4.58 Å². The molecule has 0 saturated carbocycles. The highest BCUT2D eigenvalue weighted by molar-refractivity contribution is 5.78. The summed E-state index contributed by atoms with van der Waals surface area (Å²) in [7, 11) is 0. The van der Waals surface area contributed by atoms with Crippen molar-refractivity contribution in [2.75, 3.05) is 46.1 Å². The van der Waals surface area contributed by atoms with E-state index in [4.69, 9.17) is 9.47 Å². The number of amides is 2. The maximum absolute atomic E-state index is 11.8. The number of carbonyl (C=O) groups is 2. The van der Waals surface area contributed by atoms with Crippen LogP contribution >= 0.6 is 0 Å². The number of hydrogen-bond donors (Lipinski definition) is 2. The zero-order valence-electron chi connectivity index (χ0n) is 15.7. The summed E-state index contributed by atoms with van der Waals surface area (Å²) in [6.45, 7) is 12.0. The van der Waals surface area contributed by atoms with Gasteiger partial charge in [-0.25, -0.2) is 0 Å². The summed E-state index contributed by atoms with van der Waals surface area (Å²) in [6, 6.07) is 0. The fourth-order valence-electron chi connectivity index (χ4n) is 1.79. The van der Waals surface area contributed by atoms with Crippen LogP contribution in [0.25, 0.3) is 0 Å². The summed E-state index contributed by atoms with van der Waals surface area (Å²) in [6.07, 6.45) is 6.17. The van der Waals surface area contributed by atoms with E-state index in [1.165, 1.54) is 0 Å². The van der Waals surface area contributed by atoms with Crippen LogP contribution in [-0.4, -0.2) is 68.7 Å². The molecule has 0 aromatic heterocycles. The summed E-state index contributed by atoms with van der Waals surface area (Å²) >= 11 is 0. The first-order valence-electron chi connectivity index (χ1n) is 8.55. The molecule has 2 amide bonds. The summed E-state index contributed by atoms with van der Waals surface area (Å²) in [5.41, 5.74) is 1.10. The molecule has 7 nitrogen and oxygen atoms in total. The van der Waals surface area contributed by atoms with Crippen LogP contribution in [0, 0.1) is 0 Å².